The number of rotatable bonds is 7. The zero-order valence-corrected chi connectivity index (χ0v) is 14.3. The number of aromatic nitrogens is 2. The summed E-state index contributed by atoms with van der Waals surface area (Å²) in [6, 6.07) is 1.35. The summed E-state index contributed by atoms with van der Waals surface area (Å²) in [6.45, 7) is 0.855. The van der Waals surface area contributed by atoms with E-state index in [9.17, 15) is 19.2 Å². The van der Waals surface area contributed by atoms with Crippen molar-refractivity contribution in [3.63, 3.8) is 0 Å². The smallest absolute Gasteiger partial charge is 0.355 e. The molecule has 0 aliphatic heterocycles. The van der Waals surface area contributed by atoms with Crippen LogP contribution in [0.4, 0.5) is 5.13 Å². The SMILES string of the molecule is COC(=O)Cc1csc(NC(=O)COC(=O)c2cc(C(C)=O)c[nH]2)n1. The van der Waals surface area contributed by atoms with Crippen molar-refractivity contribution in [2.45, 2.75) is 13.3 Å². The van der Waals surface area contributed by atoms with Gasteiger partial charge in [0.2, 0.25) is 0 Å². The number of thiazole rings is 1. The van der Waals surface area contributed by atoms with Crippen LogP contribution in [-0.4, -0.2) is 47.3 Å². The second kappa shape index (κ2) is 8.20. The van der Waals surface area contributed by atoms with Crippen LogP contribution < -0.4 is 5.32 Å². The molecule has 25 heavy (non-hydrogen) atoms. The van der Waals surface area contributed by atoms with Gasteiger partial charge in [-0.25, -0.2) is 9.78 Å². The van der Waals surface area contributed by atoms with Crippen LogP contribution in [0.5, 0.6) is 0 Å². The highest BCUT2D eigenvalue weighted by Gasteiger charge is 2.15. The van der Waals surface area contributed by atoms with E-state index in [1.54, 1.807) is 5.38 Å². The molecule has 2 N–H and O–H groups in total. The van der Waals surface area contributed by atoms with Crippen LogP contribution in [0.15, 0.2) is 17.6 Å². The molecule has 0 bridgehead atoms. The molecular formula is C15H15N3O6S. The molecule has 0 aliphatic rings. The fraction of sp³-hybridized carbons (Fsp3) is 0.267. The van der Waals surface area contributed by atoms with Crippen molar-refractivity contribution < 1.29 is 28.7 Å². The summed E-state index contributed by atoms with van der Waals surface area (Å²) >= 11 is 1.13. The third kappa shape index (κ3) is 5.24. The van der Waals surface area contributed by atoms with Gasteiger partial charge >= 0.3 is 11.9 Å². The predicted octanol–water partition coefficient (Wildman–Crippen LogP) is 1.18. The highest BCUT2D eigenvalue weighted by Crippen LogP contribution is 2.16. The molecule has 2 aromatic rings. The van der Waals surface area contributed by atoms with E-state index in [4.69, 9.17) is 4.74 Å². The van der Waals surface area contributed by atoms with E-state index in [1.165, 1.54) is 26.3 Å². The first kappa shape index (κ1) is 18.3. The molecule has 10 heteroatoms. The minimum atomic E-state index is -0.756. The van der Waals surface area contributed by atoms with Crippen molar-refractivity contribution in [2.24, 2.45) is 0 Å². The average molecular weight is 365 g/mol. The largest absolute Gasteiger partial charge is 0.469 e. The van der Waals surface area contributed by atoms with Crippen molar-refractivity contribution in [3.05, 3.63) is 34.6 Å². The number of ketones is 1. The molecular weight excluding hydrogens is 350 g/mol. The van der Waals surface area contributed by atoms with Gasteiger partial charge in [0.05, 0.1) is 19.2 Å². The van der Waals surface area contributed by atoms with Crippen molar-refractivity contribution >= 4 is 40.1 Å². The predicted molar refractivity (Wildman–Crippen MR) is 87.5 cm³/mol. The Morgan fingerprint density at radius 3 is 2.72 bits per heavy atom. The number of carbonyl (C=O) groups excluding carboxylic acids is 4. The van der Waals surface area contributed by atoms with E-state index in [0.29, 0.717) is 11.3 Å². The molecule has 0 unspecified atom stereocenters. The minimum absolute atomic E-state index is 0.00314. The molecule has 2 aromatic heterocycles. The summed E-state index contributed by atoms with van der Waals surface area (Å²) in [6.07, 6.45) is 1.39. The van der Waals surface area contributed by atoms with Gasteiger partial charge in [0.25, 0.3) is 5.91 Å². The summed E-state index contributed by atoms with van der Waals surface area (Å²) in [7, 11) is 1.27. The number of hydrogen-bond acceptors (Lipinski definition) is 8. The van der Waals surface area contributed by atoms with Crippen molar-refractivity contribution in [3.8, 4) is 0 Å². The molecule has 0 fully saturated rings. The summed E-state index contributed by atoms with van der Waals surface area (Å²) in [5, 5.41) is 4.35. The van der Waals surface area contributed by atoms with Crippen molar-refractivity contribution in [1.82, 2.24) is 9.97 Å². The normalized spacial score (nSPS) is 10.2. The van der Waals surface area contributed by atoms with Crippen LogP contribution in [0.25, 0.3) is 0 Å². The first-order valence-corrected chi connectivity index (χ1v) is 7.94. The van der Waals surface area contributed by atoms with Crippen LogP contribution in [0, 0.1) is 0 Å². The number of aromatic amines is 1. The molecule has 0 saturated carbocycles. The van der Waals surface area contributed by atoms with Crippen LogP contribution in [0.3, 0.4) is 0 Å². The number of esters is 2. The molecule has 9 nitrogen and oxygen atoms in total. The second-order valence-electron chi connectivity index (χ2n) is 4.88. The zero-order chi connectivity index (χ0) is 18.4. The summed E-state index contributed by atoms with van der Waals surface area (Å²) in [5.74, 6) is -1.97. The number of ether oxygens (including phenoxy) is 2. The Hall–Kier alpha value is -3.01. The van der Waals surface area contributed by atoms with Crippen LogP contribution in [0.2, 0.25) is 0 Å². The maximum atomic E-state index is 11.8. The van der Waals surface area contributed by atoms with Crippen LogP contribution in [-0.2, 0) is 25.5 Å². The standard InChI is InChI=1S/C15H15N3O6S/c1-8(19)9-3-11(16-5-9)14(22)24-6-12(20)18-15-17-10(7-25-15)4-13(21)23-2/h3,5,7,16H,4,6H2,1-2H3,(H,17,18,20). The number of Topliss-reactive ketones (excluding diaryl/α,β-unsaturated/α-hetero) is 1. The average Bonchev–Trinajstić information content (AvgIpc) is 3.22. The van der Waals surface area contributed by atoms with Gasteiger partial charge in [-0.2, -0.15) is 0 Å². The van der Waals surface area contributed by atoms with Crippen LogP contribution in [0.1, 0.15) is 33.5 Å². The Morgan fingerprint density at radius 2 is 2.08 bits per heavy atom. The zero-order valence-electron chi connectivity index (χ0n) is 13.5. The van der Waals surface area contributed by atoms with E-state index >= 15 is 0 Å². The highest BCUT2D eigenvalue weighted by molar-refractivity contribution is 7.13. The van der Waals surface area contributed by atoms with Gasteiger partial charge in [-0.05, 0) is 13.0 Å². The Bertz CT molecular complexity index is 810. The lowest BCUT2D eigenvalue weighted by Gasteiger charge is -2.03. The Labute approximate surface area is 146 Å². The van der Waals surface area contributed by atoms with E-state index in [2.05, 4.69) is 20.0 Å². The molecule has 2 rings (SSSR count). The summed E-state index contributed by atoms with van der Waals surface area (Å²) in [5.41, 5.74) is 0.886. The number of H-pyrrole nitrogens is 1. The number of nitrogens with one attached hydrogen (secondary N) is 2. The number of methoxy groups -OCH3 is 1. The number of amides is 1. The topological polar surface area (TPSA) is 127 Å². The van der Waals surface area contributed by atoms with Gasteiger partial charge in [0, 0.05) is 17.1 Å². The maximum absolute atomic E-state index is 11.8. The molecule has 0 atom stereocenters. The van der Waals surface area contributed by atoms with Gasteiger partial charge in [-0.15, -0.1) is 11.3 Å². The van der Waals surface area contributed by atoms with Gasteiger partial charge in [0.1, 0.15) is 5.69 Å². The Morgan fingerprint density at radius 1 is 1.32 bits per heavy atom. The van der Waals surface area contributed by atoms with Gasteiger partial charge < -0.3 is 14.5 Å². The molecule has 0 saturated heterocycles. The fourth-order valence-electron chi connectivity index (χ4n) is 1.75. The number of nitrogens with zero attached hydrogens (tertiary/aromatic N) is 1. The van der Waals surface area contributed by atoms with Gasteiger partial charge in [-0.1, -0.05) is 0 Å². The number of carbonyl (C=O) groups is 4. The van der Waals surface area contributed by atoms with E-state index in [-0.39, 0.29) is 23.0 Å². The van der Waals surface area contributed by atoms with Crippen molar-refractivity contribution in [2.75, 3.05) is 19.0 Å². The number of anilines is 1. The third-order valence-electron chi connectivity index (χ3n) is 3.00. The van der Waals surface area contributed by atoms with Crippen LogP contribution >= 0.6 is 11.3 Å². The molecule has 0 aromatic carbocycles. The minimum Gasteiger partial charge on any atom is -0.469 e. The first-order valence-electron chi connectivity index (χ1n) is 7.06. The summed E-state index contributed by atoms with van der Waals surface area (Å²) in [4.78, 5) is 52.5. The Kier molecular flexibility index (Phi) is 6.01. The summed E-state index contributed by atoms with van der Waals surface area (Å²) < 4.78 is 9.38. The lowest BCUT2D eigenvalue weighted by Crippen LogP contribution is -2.21. The van der Waals surface area contributed by atoms with Gasteiger partial charge in [-0.3, -0.25) is 19.7 Å². The van der Waals surface area contributed by atoms with E-state index in [0.717, 1.165) is 11.3 Å². The maximum Gasteiger partial charge on any atom is 0.355 e. The molecule has 0 aliphatic carbocycles. The highest BCUT2D eigenvalue weighted by atomic mass is 32.1. The number of hydrogen-bond donors (Lipinski definition) is 2. The quantitative estimate of drug-likeness (QED) is 0.557. The lowest BCUT2D eigenvalue weighted by molar-refractivity contribution is -0.139. The van der Waals surface area contributed by atoms with E-state index < -0.39 is 24.5 Å². The first-order chi connectivity index (χ1) is 11.9. The monoisotopic (exact) mass is 365 g/mol. The molecule has 0 spiro atoms. The lowest BCUT2D eigenvalue weighted by atomic mass is 10.2. The van der Waals surface area contributed by atoms with Gasteiger partial charge in [0.15, 0.2) is 17.5 Å². The Balaban J connectivity index is 1.82. The fourth-order valence-corrected chi connectivity index (χ4v) is 2.47. The second-order valence-corrected chi connectivity index (χ2v) is 5.74. The van der Waals surface area contributed by atoms with E-state index in [1.807, 2.05) is 0 Å². The third-order valence-corrected chi connectivity index (χ3v) is 3.80. The molecule has 132 valence electrons. The molecule has 1 amide bonds. The molecule has 0 radical (unpaired) electrons. The van der Waals surface area contributed by atoms with Crippen molar-refractivity contribution in [1.29, 1.82) is 0 Å². The molecule has 2 heterocycles.